The molecular weight excluding hydrogens is 262 g/mol. The molecular formula is C12H11N5O3. The second-order valence-corrected chi connectivity index (χ2v) is 4.19. The largest absolute Gasteiger partial charge is 0.438 e. The molecule has 0 aliphatic heterocycles. The molecule has 3 aromatic rings. The van der Waals surface area contributed by atoms with Gasteiger partial charge in [-0.15, -0.1) is 0 Å². The molecule has 1 amide bonds. The van der Waals surface area contributed by atoms with E-state index in [1.807, 2.05) is 6.07 Å². The lowest BCUT2D eigenvalue weighted by atomic mass is 10.1. The third kappa shape index (κ3) is 2.30. The van der Waals surface area contributed by atoms with Crippen molar-refractivity contribution >= 4 is 16.8 Å². The number of aromatic amines is 2. The Kier molecular flexibility index (Phi) is 3.04. The Hall–Kier alpha value is -2.90. The van der Waals surface area contributed by atoms with Crippen molar-refractivity contribution < 1.29 is 9.32 Å². The molecule has 3 N–H and O–H groups in total. The van der Waals surface area contributed by atoms with Crippen molar-refractivity contribution in [1.82, 2.24) is 25.7 Å². The summed E-state index contributed by atoms with van der Waals surface area (Å²) in [6.45, 7) is 0.339. The lowest BCUT2D eigenvalue weighted by molar-refractivity contribution is 0.0955. The van der Waals surface area contributed by atoms with Crippen LogP contribution in [-0.2, 0) is 6.42 Å². The van der Waals surface area contributed by atoms with Crippen molar-refractivity contribution in [3.05, 3.63) is 46.3 Å². The van der Waals surface area contributed by atoms with Gasteiger partial charge in [-0.2, -0.15) is 5.10 Å². The van der Waals surface area contributed by atoms with Crippen LogP contribution in [0.5, 0.6) is 0 Å². The molecule has 8 heteroatoms. The monoisotopic (exact) mass is 273 g/mol. The molecule has 0 saturated carbocycles. The number of nitrogens with zero attached hydrogens (tertiary/aromatic N) is 2. The van der Waals surface area contributed by atoms with Crippen LogP contribution in [0.4, 0.5) is 0 Å². The van der Waals surface area contributed by atoms with Gasteiger partial charge in [-0.05, 0) is 6.07 Å². The van der Waals surface area contributed by atoms with Crippen molar-refractivity contribution in [3.63, 3.8) is 0 Å². The Morgan fingerprint density at radius 2 is 2.30 bits per heavy atom. The number of rotatable bonds is 4. The Morgan fingerprint density at radius 3 is 3.10 bits per heavy atom. The van der Waals surface area contributed by atoms with Crippen molar-refractivity contribution in [3.8, 4) is 0 Å². The minimum Gasteiger partial charge on any atom is -0.352 e. The van der Waals surface area contributed by atoms with Gasteiger partial charge in [0.05, 0.1) is 17.3 Å². The van der Waals surface area contributed by atoms with Crippen LogP contribution in [0, 0.1) is 0 Å². The Bertz CT molecular complexity index is 800. The normalized spacial score (nSPS) is 10.8. The van der Waals surface area contributed by atoms with Gasteiger partial charge in [-0.1, -0.05) is 17.3 Å². The van der Waals surface area contributed by atoms with Gasteiger partial charge in [0.2, 0.25) is 0 Å². The van der Waals surface area contributed by atoms with Gasteiger partial charge < -0.3 is 5.32 Å². The Labute approximate surface area is 112 Å². The molecule has 2 heterocycles. The van der Waals surface area contributed by atoms with E-state index in [9.17, 15) is 9.59 Å². The quantitative estimate of drug-likeness (QED) is 0.628. The molecule has 0 spiro atoms. The summed E-state index contributed by atoms with van der Waals surface area (Å²) in [4.78, 5) is 25.2. The lowest BCUT2D eigenvalue weighted by Crippen LogP contribution is -2.26. The summed E-state index contributed by atoms with van der Waals surface area (Å²) in [5.74, 6) is -0.422. The van der Waals surface area contributed by atoms with Crippen LogP contribution in [0.25, 0.3) is 10.9 Å². The molecule has 0 atom stereocenters. The summed E-state index contributed by atoms with van der Waals surface area (Å²) in [6.07, 6.45) is 2.04. The van der Waals surface area contributed by atoms with E-state index in [1.54, 1.807) is 18.3 Å². The zero-order valence-corrected chi connectivity index (χ0v) is 10.3. The molecule has 8 nitrogen and oxygen atoms in total. The SMILES string of the molecule is O=C(NCCc1noc(=O)[nH]1)c1cccc2cn[nH]c12. The average molecular weight is 273 g/mol. The standard InChI is InChI=1S/C12H11N5O3/c18-11(13-5-4-9-15-12(19)20-17-9)8-3-1-2-7-6-14-16-10(7)8/h1-3,6H,4-5H2,(H,13,18)(H,14,16)(H,15,17,19). The fourth-order valence-electron chi connectivity index (χ4n) is 1.92. The van der Waals surface area contributed by atoms with E-state index in [2.05, 4.69) is 30.2 Å². The van der Waals surface area contributed by atoms with Crippen molar-refractivity contribution in [2.24, 2.45) is 0 Å². The third-order valence-electron chi connectivity index (χ3n) is 2.85. The van der Waals surface area contributed by atoms with Gasteiger partial charge in [0, 0.05) is 18.4 Å². The molecule has 0 radical (unpaired) electrons. The summed E-state index contributed by atoms with van der Waals surface area (Å²) in [5, 5.41) is 13.8. The van der Waals surface area contributed by atoms with Gasteiger partial charge in [-0.25, -0.2) is 4.79 Å². The molecule has 0 aliphatic carbocycles. The summed E-state index contributed by atoms with van der Waals surface area (Å²) in [6, 6.07) is 5.38. The number of H-pyrrole nitrogens is 2. The van der Waals surface area contributed by atoms with Crippen LogP contribution >= 0.6 is 0 Å². The van der Waals surface area contributed by atoms with E-state index in [0.717, 1.165) is 5.39 Å². The van der Waals surface area contributed by atoms with E-state index < -0.39 is 5.76 Å². The summed E-state index contributed by atoms with van der Waals surface area (Å²) in [7, 11) is 0. The van der Waals surface area contributed by atoms with Crippen LogP contribution in [0.15, 0.2) is 33.7 Å². The highest BCUT2D eigenvalue weighted by molar-refractivity contribution is 6.05. The highest BCUT2D eigenvalue weighted by atomic mass is 16.5. The topological polar surface area (TPSA) is 117 Å². The number of aromatic nitrogens is 4. The third-order valence-corrected chi connectivity index (χ3v) is 2.85. The van der Waals surface area contributed by atoms with Gasteiger partial charge in [-0.3, -0.25) is 19.4 Å². The molecule has 102 valence electrons. The molecule has 0 saturated heterocycles. The van der Waals surface area contributed by atoms with Crippen LogP contribution in [-0.4, -0.2) is 32.8 Å². The Morgan fingerprint density at radius 1 is 1.40 bits per heavy atom. The molecule has 2 aromatic heterocycles. The van der Waals surface area contributed by atoms with Gasteiger partial charge in [0.1, 0.15) is 0 Å². The molecule has 0 unspecified atom stereocenters. The maximum Gasteiger partial charge on any atom is 0.438 e. The first-order chi connectivity index (χ1) is 9.74. The maximum absolute atomic E-state index is 12.1. The maximum atomic E-state index is 12.1. The molecule has 0 bridgehead atoms. The van der Waals surface area contributed by atoms with E-state index in [0.29, 0.717) is 29.9 Å². The number of carbonyl (C=O) groups is 1. The average Bonchev–Trinajstić information content (AvgIpc) is 3.06. The number of para-hydroxylation sites is 1. The number of carbonyl (C=O) groups excluding carboxylic acids is 1. The Balaban J connectivity index is 1.67. The molecule has 0 fully saturated rings. The van der Waals surface area contributed by atoms with E-state index in [-0.39, 0.29) is 5.91 Å². The first kappa shape index (κ1) is 12.2. The highest BCUT2D eigenvalue weighted by Gasteiger charge is 2.11. The highest BCUT2D eigenvalue weighted by Crippen LogP contribution is 2.15. The van der Waals surface area contributed by atoms with E-state index in [4.69, 9.17) is 0 Å². The first-order valence-electron chi connectivity index (χ1n) is 5.99. The number of nitrogens with one attached hydrogen (secondary N) is 3. The van der Waals surface area contributed by atoms with Crippen LogP contribution in [0.1, 0.15) is 16.2 Å². The number of benzene rings is 1. The van der Waals surface area contributed by atoms with Gasteiger partial charge >= 0.3 is 5.76 Å². The lowest BCUT2D eigenvalue weighted by Gasteiger charge is -2.04. The zero-order valence-electron chi connectivity index (χ0n) is 10.3. The smallest absolute Gasteiger partial charge is 0.352 e. The number of hydrogen-bond acceptors (Lipinski definition) is 5. The zero-order chi connectivity index (χ0) is 13.9. The van der Waals surface area contributed by atoms with E-state index in [1.165, 1.54) is 0 Å². The minimum atomic E-state index is -0.603. The molecule has 20 heavy (non-hydrogen) atoms. The molecule has 0 aliphatic rings. The van der Waals surface area contributed by atoms with E-state index >= 15 is 0 Å². The number of hydrogen-bond donors (Lipinski definition) is 3. The van der Waals surface area contributed by atoms with Gasteiger partial charge in [0.15, 0.2) is 5.82 Å². The second kappa shape index (κ2) is 5.00. The second-order valence-electron chi connectivity index (χ2n) is 4.19. The predicted octanol–water partition coefficient (Wildman–Crippen LogP) is 0.212. The minimum absolute atomic E-state index is 0.217. The van der Waals surface area contributed by atoms with Crippen LogP contribution in [0.2, 0.25) is 0 Å². The summed E-state index contributed by atoms with van der Waals surface area (Å²) in [5.41, 5.74) is 1.22. The van der Waals surface area contributed by atoms with Crippen molar-refractivity contribution in [1.29, 1.82) is 0 Å². The molecule has 3 rings (SSSR count). The number of amides is 1. The predicted molar refractivity (Wildman–Crippen MR) is 69.3 cm³/mol. The summed E-state index contributed by atoms with van der Waals surface area (Å²) >= 11 is 0. The van der Waals surface area contributed by atoms with Crippen molar-refractivity contribution in [2.75, 3.05) is 6.54 Å². The molecule has 1 aromatic carbocycles. The van der Waals surface area contributed by atoms with Crippen LogP contribution < -0.4 is 11.1 Å². The number of fused-ring (bicyclic) bond motifs is 1. The summed E-state index contributed by atoms with van der Waals surface area (Å²) < 4.78 is 4.37. The fraction of sp³-hybridized carbons (Fsp3) is 0.167. The van der Waals surface area contributed by atoms with Gasteiger partial charge in [0.25, 0.3) is 5.91 Å². The van der Waals surface area contributed by atoms with Crippen LogP contribution in [0.3, 0.4) is 0 Å². The van der Waals surface area contributed by atoms with Crippen molar-refractivity contribution in [2.45, 2.75) is 6.42 Å². The first-order valence-corrected chi connectivity index (χ1v) is 5.99. The fourth-order valence-corrected chi connectivity index (χ4v) is 1.92.